The molecule has 27 heavy (non-hydrogen) atoms. The lowest BCUT2D eigenvalue weighted by molar-refractivity contribution is -0.921. The molecule has 5 nitrogen and oxygen atoms in total. The smallest absolute Gasteiger partial charge is 0.279 e. The van der Waals surface area contributed by atoms with Gasteiger partial charge >= 0.3 is 0 Å². The Morgan fingerprint density at radius 2 is 1.70 bits per heavy atom. The normalized spacial score (nSPS) is 16.1. The number of carbonyl (C=O) groups excluding carboxylic acids is 1. The zero-order chi connectivity index (χ0) is 19.1. The van der Waals surface area contributed by atoms with E-state index in [1.165, 1.54) is 22.6 Å². The van der Waals surface area contributed by atoms with E-state index in [4.69, 9.17) is 4.74 Å². The van der Waals surface area contributed by atoms with Gasteiger partial charge in [-0.15, -0.1) is 0 Å². The molecule has 1 atom stereocenters. The lowest BCUT2D eigenvalue weighted by Gasteiger charge is -2.23. The zero-order valence-electron chi connectivity index (χ0n) is 15.8. The van der Waals surface area contributed by atoms with Crippen molar-refractivity contribution in [3.05, 3.63) is 65.5 Å². The van der Waals surface area contributed by atoms with E-state index in [2.05, 4.69) is 17.4 Å². The number of quaternary nitrogens is 2. The largest absolute Gasteiger partial charge is 0.370 e. The van der Waals surface area contributed by atoms with Crippen molar-refractivity contribution in [3.63, 3.8) is 0 Å². The van der Waals surface area contributed by atoms with Crippen LogP contribution in [0.4, 0.5) is 10.1 Å². The molecule has 2 aromatic rings. The van der Waals surface area contributed by atoms with Crippen molar-refractivity contribution in [3.8, 4) is 0 Å². The lowest BCUT2D eigenvalue weighted by Crippen LogP contribution is -3.12. The van der Waals surface area contributed by atoms with Gasteiger partial charge in [0.05, 0.1) is 20.3 Å². The van der Waals surface area contributed by atoms with E-state index in [0.717, 1.165) is 49.0 Å². The maximum absolute atomic E-state index is 13.0. The molecular formula is C21H28FN3O2+2. The number of hydrogen-bond donors (Lipinski definition) is 3. The standard InChI is InChI=1S/C21H26FN3O2/c1-24(14-17-2-6-19(22)7-3-17)16-21(26)23-20-8-4-18(5-9-20)15-25-10-12-27-13-11-25/h2-9H,10-16H2,1H3,(H,23,26)/p+2. The van der Waals surface area contributed by atoms with Gasteiger partial charge < -0.3 is 19.9 Å². The van der Waals surface area contributed by atoms with Gasteiger partial charge in [0.25, 0.3) is 5.91 Å². The van der Waals surface area contributed by atoms with Gasteiger partial charge in [-0.1, -0.05) is 24.3 Å². The fourth-order valence-corrected chi connectivity index (χ4v) is 3.32. The number of benzene rings is 2. The van der Waals surface area contributed by atoms with Crippen molar-refractivity contribution >= 4 is 11.6 Å². The molecule has 3 N–H and O–H groups in total. The molecule has 1 aliphatic heterocycles. The Bertz CT molecular complexity index is 728. The Morgan fingerprint density at radius 1 is 1.07 bits per heavy atom. The number of ether oxygens (including phenoxy) is 1. The van der Waals surface area contributed by atoms with Crippen LogP contribution in [0.15, 0.2) is 48.5 Å². The fourth-order valence-electron chi connectivity index (χ4n) is 3.32. The molecule has 6 heteroatoms. The summed E-state index contributed by atoms with van der Waals surface area (Å²) in [5.41, 5.74) is 3.09. The monoisotopic (exact) mass is 373 g/mol. The number of nitrogens with one attached hydrogen (secondary N) is 3. The SMILES string of the molecule is C[NH+](CC(=O)Nc1ccc(C[NH+]2CCOCC2)cc1)Cc1ccc(F)cc1. The van der Waals surface area contributed by atoms with E-state index in [9.17, 15) is 9.18 Å². The molecular weight excluding hydrogens is 345 g/mol. The molecule has 0 aromatic heterocycles. The van der Waals surface area contributed by atoms with Gasteiger partial charge in [-0.25, -0.2) is 4.39 Å². The number of likely N-dealkylation sites (N-methyl/N-ethyl adjacent to an activating group) is 1. The Morgan fingerprint density at radius 3 is 2.37 bits per heavy atom. The Kier molecular flexibility index (Phi) is 6.92. The summed E-state index contributed by atoms with van der Waals surface area (Å²) in [6, 6.07) is 14.5. The molecule has 1 unspecified atom stereocenters. The molecule has 0 bridgehead atoms. The first-order chi connectivity index (χ1) is 13.1. The summed E-state index contributed by atoms with van der Waals surface area (Å²) in [4.78, 5) is 14.8. The van der Waals surface area contributed by atoms with Crippen LogP contribution >= 0.6 is 0 Å². The summed E-state index contributed by atoms with van der Waals surface area (Å²) in [5, 5.41) is 2.95. The van der Waals surface area contributed by atoms with Crippen LogP contribution in [0, 0.1) is 5.82 Å². The minimum absolute atomic E-state index is 0.0267. The first-order valence-corrected chi connectivity index (χ1v) is 9.44. The average Bonchev–Trinajstić information content (AvgIpc) is 2.66. The minimum atomic E-state index is -0.243. The molecule has 0 radical (unpaired) electrons. The van der Waals surface area contributed by atoms with Crippen molar-refractivity contribution in [1.82, 2.24) is 0 Å². The van der Waals surface area contributed by atoms with E-state index in [1.54, 1.807) is 12.1 Å². The van der Waals surface area contributed by atoms with Crippen LogP contribution in [0.25, 0.3) is 0 Å². The molecule has 2 aromatic carbocycles. The number of amides is 1. The van der Waals surface area contributed by atoms with E-state index in [0.29, 0.717) is 13.1 Å². The van der Waals surface area contributed by atoms with Gasteiger partial charge in [-0.05, 0) is 24.3 Å². The summed E-state index contributed by atoms with van der Waals surface area (Å²) in [6.45, 7) is 5.77. The Balaban J connectivity index is 1.44. The molecule has 0 saturated carbocycles. The summed E-state index contributed by atoms with van der Waals surface area (Å²) < 4.78 is 18.3. The van der Waals surface area contributed by atoms with Crippen molar-refractivity contribution < 1.29 is 23.7 Å². The van der Waals surface area contributed by atoms with Crippen LogP contribution < -0.4 is 15.1 Å². The minimum Gasteiger partial charge on any atom is -0.370 e. The van der Waals surface area contributed by atoms with Crippen molar-refractivity contribution in [2.45, 2.75) is 13.1 Å². The van der Waals surface area contributed by atoms with Crippen LogP contribution in [0.2, 0.25) is 0 Å². The van der Waals surface area contributed by atoms with Crippen molar-refractivity contribution in [2.75, 3.05) is 45.2 Å². The number of anilines is 1. The van der Waals surface area contributed by atoms with Crippen molar-refractivity contribution in [1.29, 1.82) is 0 Å². The third-order valence-electron chi connectivity index (χ3n) is 4.77. The third kappa shape index (κ3) is 6.43. The Labute approximate surface area is 159 Å². The molecule has 1 saturated heterocycles. The second-order valence-electron chi connectivity index (χ2n) is 7.22. The molecule has 1 heterocycles. The second kappa shape index (κ2) is 9.60. The zero-order valence-corrected chi connectivity index (χ0v) is 15.8. The molecule has 1 aliphatic rings. The first-order valence-electron chi connectivity index (χ1n) is 9.44. The van der Waals surface area contributed by atoms with E-state index >= 15 is 0 Å². The maximum atomic E-state index is 13.0. The highest BCUT2D eigenvalue weighted by atomic mass is 19.1. The molecule has 144 valence electrons. The van der Waals surface area contributed by atoms with E-state index in [-0.39, 0.29) is 11.7 Å². The highest BCUT2D eigenvalue weighted by molar-refractivity contribution is 5.91. The quantitative estimate of drug-likeness (QED) is 0.635. The van der Waals surface area contributed by atoms with Gasteiger partial charge in [0.2, 0.25) is 0 Å². The van der Waals surface area contributed by atoms with Crippen LogP contribution in [0.3, 0.4) is 0 Å². The van der Waals surface area contributed by atoms with Gasteiger partial charge in [0.1, 0.15) is 32.0 Å². The number of rotatable bonds is 7. The molecule has 1 fully saturated rings. The molecule has 0 aliphatic carbocycles. The highest BCUT2D eigenvalue weighted by Gasteiger charge is 2.14. The summed E-state index contributed by atoms with van der Waals surface area (Å²) in [6.07, 6.45) is 0. The van der Waals surface area contributed by atoms with E-state index in [1.807, 2.05) is 19.2 Å². The number of carbonyl (C=O) groups is 1. The summed E-state index contributed by atoms with van der Waals surface area (Å²) in [7, 11) is 1.96. The van der Waals surface area contributed by atoms with Crippen LogP contribution in [0.1, 0.15) is 11.1 Å². The average molecular weight is 373 g/mol. The maximum Gasteiger partial charge on any atom is 0.279 e. The topological polar surface area (TPSA) is 47.2 Å². The summed E-state index contributed by atoms with van der Waals surface area (Å²) in [5.74, 6) is -0.269. The van der Waals surface area contributed by atoms with Gasteiger partial charge in [-0.2, -0.15) is 0 Å². The molecule has 3 rings (SSSR count). The Hall–Kier alpha value is -2.28. The van der Waals surface area contributed by atoms with E-state index < -0.39 is 0 Å². The van der Waals surface area contributed by atoms with Gasteiger partial charge in [-0.3, -0.25) is 4.79 Å². The molecule has 0 spiro atoms. The number of halogens is 1. The van der Waals surface area contributed by atoms with Gasteiger partial charge in [0.15, 0.2) is 6.54 Å². The number of hydrogen-bond acceptors (Lipinski definition) is 2. The predicted molar refractivity (Wildman–Crippen MR) is 102 cm³/mol. The number of morpholine rings is 1. The first kappa shape index (κ1) is 19.5. The van der Waals surface area contributed by atoms with Gasteiger partial charge in [0, 0.05) is 16.8 Å². The van der Waals surface area contributed by atoms with Crippen LogP contribution in [0.5, 0.6) is 0 Å². The highest BCUT2D eigenvalue weighted by Crippen LogP contribution is 2.08. The van der Waals surface area contributed by atoms with Crippen molar-refractivity contribution in [2.24, 2.45) is 0 Å². The predicted octanol–water partition coefficient (Wildman–Crippen LogP) is -0.106. The fraction of sp³-hybridized carbons (Fsp3) is 0.381. The van der Waals surface area contributed by atoms with Crippen LogP contribution in [-0.4, -0.2) is 45.8 Å². The lowest BCUT2D eigenvalue weighted by atomic mass is 10.2. The second-order valence-corrected chi connectivity index (χ2v) is 7.22. The van der Waals surface area contributed by atoms with Crippen LogP contribution in [-0.2, 0) is 22.6 Å². The molecule has 1 amide bonds. The third-order valence-corrected chi connectivity index (χ3v) is 4.77. The summed E-state index contributed by atoms with van der Waals surface area (Å²) >= 11 is 0.